The second-order valence-electron chi connectivity index (χ2n) is 10.6. The van der Waals surface area contributed by atoms with Crippen LogP contribution in [-0.4, -0.2) is 45.0 Å². The van der Waals surface area contributed by atoms with Crippen molar-refractivity contribution in [2.75, 3.05) is 0 Å². The summed E-state index contributed by atoms with van der Waals surface area (Å²) in [4.78, 5) is 3.12. The Labute approximate surface area is 260 Å². The zero-order valence-corrected chi connectivity index (χ0v) is 25.9. The van der Waals surface area contributed by atoms with E-state index in [0.29, 0.717) is 6.61 Å². The van der Waals surface area contributed by atoms with Crippen LogP contribution in [0.15, 0.2) is 136 Å². The molecule has 2 aliphatic rings. The van der Waals surface area contributed by atoms with E-state index < -0.39 is 39.9 Å². The summed E-state index contributed by atoms with van der Waals surface area (Å²) in [7, 11) is 0. The Bertz CT molecular complexity index is 1310. The van der Waals surface area contributed by atoms with E-state index in [2.05, 4.69) is 36.4 Å². The fourth-order valence-corrected chi connectivity index (χ4v) is 9.98. The van der Waals surface area contributed by atoms with Crippen LogP contribution in [0.1, 0.15) is 19.4 Å². The summed E-state index contributed by atoms with van der Waals surface area (Å²) in [6.45, 7) is 4.11. The normalized spacial score (nSPS) is 23.9. The molecule has 2 unspecified atom stereocenters. The van der Waals surface area contributed by atoms with E-state index in [1.54, 1.807) is 35.3 Å². The molecule has 218 valence electrons. The van der Waals surface area contributed by atoms with Gasteiger partial charge in [-0.05, 0) is 55.8 Å². The molecule has 2 aliphatic heterocycles. The topological polar surface area (TPSA) is 57.2 Å². The van der Waals surface area contributed by atoms with Gasteiger partial charge in [0.05, 0.1) is 6.61 Å². The van der Waals surface area contributed by atoms with Gasteiger partial charge in [-0.2, -0.15) is 0 Å². The molecule has 0 spiro atoms. The Kier molecular flexibility index (Phi) is 9.33. The van der Waals surface area contributed by atoms with Crippen molar-refractivity contribution >= 4 is 35.3 Å². The van der Waals surface area contributed by atoms with Gasteiger partial charge in [0.15, 0.2) is 12.1 Å². The lowest BCUT2D eigenvalue weighted by Crippen LogP contribution is -2.50. The van der Waals surface area contributed by atoms with Gasteiger partial charge in [0.1, 0.15) is 27.8 Å². The number of hydrogen-bond donors (Lipinski definition) is 1. The maximum Gasteiger partial charge on any atom is 0.190 e. The molecule has 0 radical (unpaired) electrons. The molecular weight excluding hydrogens is 585 g/mol. The molecule has 0 bridgehead atoms. The largest absolute Gasteiger partial charge is 0.387 e. The minimum Gasteiger partial charge on any atom is -0.387 e. The summed E-state index contributed by atoms with van der Waals surface area (Å²) in [5.41, 5.74) is 1.04. The Morgan fingerprint density at radius 1 is 0.714 bits per heavy atom. The predicted octanol–water partition coefficient (Wildman–Crippen LogP) is 7.84. The van der Waals surface area contributed by atoms with Crippen LogP contribution in [0.2, 0.25) is 0 Å². The van der Waals surface area contributed by atoms with E-state index >= 15 is 0 Å². The van der Waals surface area contributed by atoms with Crippen LogP contribution in [0.25, 0.3) is 0 Å². The third kappa shape index (κ3) is 6.93. The van der Waals surface area contributed by atoms with Gasteiger partial charge in [-0.25, -0.2) is 0 Å². The highest BCUT2D eigenvalue weighted by Gasteiger charge is 2.60. The fraction of sp³-hybridized carbons (Fsp3) is 0.294. The van der Waals surface area contributed by atoms with E-state index in [1.165, 1.54) is 0 Å². The highest BCUT2D eigenvalue weighted by atomic mass is 32.3. The second kappa shape index (κ2) is 13.2. The average Bonchev–Trinajstić information content (AvgIpc) is 3.49. The molecule has 8 heteroatoms. The standard InChI is InChI=1S/C34H34O5S3/c1-33(2)38-30-28(36-23-24-15-7-3-8-16-24)29(37-32(30)39-33)31(35)34(40-25-17-9-4-10-18-25,41-26-19-11-5-12-20-26)42-27-21-13-6-14-22-27/h3-22,28-32,35H,23H2,1-2H3/t28?,29-,30+,31?,32+/m1/s1. The number of hydrogen-bond acceptors (Lipinski definition) is 8. The highest BCUT2D eigenvalue weighted by Crippen LogP contribution is 2.59. The van der Waals surface area contributed by atoms with Crippen molar-refractivity contribution in [2.24, 2.45) is 0 Å². The predicted molar refractivity (Wildman–Crippen MR) is 169 cm³/mol. The molecule has 1 N–H and O–H groups in total. The van der Waals surface area contributed by atoms with Crippen LogP contribution in [0.4, 0.5) is 0 Å². The summed E-state index contributed by atoms with van der Waals surface area (Å²) in [6.07, 6.45) is -3.41. The van der Waals surface area contributed by atoms with Gasteiger partial charge in [0.25, 0.3) is 0 Å². The Morgan fingerprint density at radius 3 is 1.64 bits per heavy atom. The van der Waals surface area contributed by atoms with Crippen LogP contribution >= 0.6 is 35.3 Å². The quantitative estimate of drug-likeness (QED) is 0.135. The van der Waals surface area contributed by atoms with Crippen LogP contribution in [-0.2, 0) is 25.6 Å². The number of ether oxygens (including phenoxy) is 4. The van der Waals surface area contributed by atoms with E-state index in [1.807, 2.05) is 98.8 Å². The van der Waals surface area contributed by atoms with Crippen molar-refractivity contribution in [3.8, 4) is 0 Å². The summed E-state index contributed by atoms with van der Waals surface area (Å²) in [5.74, 6) is -0.812. The minimum atomic E-state index is -1.00. The van der Waals surface area contributed by atoms with Gasteiger partial charge in [-0.3, -0.25) is 0 Å². The van der Waals surface area contributed by atoms with Crippen molar-refractivity contribution in [1.29, 1.82) is 0 Å². The minimum absolute atomic E-state index is 0.363. The van der Waals surface area contributed by atoms with Crippen LogP contribution in [0, 0.1) is 0 Å². The molecule has 4 aromatic rings. The lowest BCUT2D eigenvalue weighted by molar-refractivity contribution is -0.229. The molecule has 0 amide bonds. The van der Waals surface area contributed by atoms with Crippen LogP contribution < -0.4 is 0 Å². The van der Waals surface area contributed by atoms with Gasteiger partial charge in [-0.15, -0.1) is 0 Å². The molecule has 4 aromatic carbocycles. The van der Waals surface area contributed by atoms with Gasteiger partial charge in [0.2, 0.25) is 0 Å². The van der Waals surface area contributed by atoms with E-state index in [9.17, 15) is 5.11 Å². The van der Waals surface area contributed by atoms with Crippen molar-refractivity contribution in [3.63, 3.8) is 0 Å². The molecule has 2 saturated heterocycles. The molecule has 5 nitrogen and oxygen atoms in total. The number of aliphatic hydroxyl groups excluding tert-OH is 1. The first-order valence-corrected chi connectivity index (χ1v) is 16.4. The lowest BCUT2D eigenvalue weighted by Gasteiger charge is -2.40. The van der Waals surface area contributed by atoms with Crippen molar-refractivity contribution in [1.82, 2.24) is 0 Å². The first kappa shape index (κ1) is 29.8. The summed E-state index contributed by atoms with van der Waals surface area (Å²) >= 11 is 4.87. The molecule has 2 fully saturated rings. The molecule has 0 aromatic heterocycles. The molecule has 0 aliphatic carbocycles. The van der Waals surface area contributed by atoms with E-state index in [-0.39, 0.29) is 0 Å². The Hall–Kier alpha value is -2.27. The first-order valence-electron chi connectivity index (χ1n) is 14.0. The second-order valence-corrected chi connectivity index (χ2v) is 15.4. The summed E-state index contributed by atoms with van der Waals surface area (Å²) < 4.78 is 24.7. The zero-order valence-electron chi connectivity index (χ0n) is 23.4. The monoisotopic (exact) mass is 618 g/mol. The fourth-order valence-electron chi connectivity index (χ4n) is 5.12. The third-order valence-corrected chi connectivity index (χ3v) is 11.6. The molecule has 0 saturated carbocycles. The number of thioether (sulfide) groups is 3. The Morgan fingerprint density at radius 2 is 1.17 bits per heavy atom. The smallest absolute Gasteiger partial charge is 0.190 e. The number of aliphatic hydroxyl groups is 1. The van der Waals surface area contributed by atoms with Crippen LogP contribution in [0.3, 0.4) is 0 Å². The first-order chi connectivity index (χ1) is 20.4. The van der Waals surface area contributed by atoms with E-state index in [4.69, 9.17) is 18.9 Å². The van der Waals surface area contributed by atoms with Crippen LogP contribution in [0.5, 0.6) is 0 Å². The van der Waals surface area contributed by atoms with Crippen molar-refractivity contribution in [2.45, 2.75) is 75.0 Å². The molecular formula is C34H34O5S3. The van der Waals surface area contributed by atoms with Crippen molar-refractivity contribution in [3.05, 3.63) is 127 Å². The lowest BCUT2D eigenvalue weighted by atomic mass is 10.1. The third-order valence-electron chi connectivity index (χ3n) is 7.00. The average molecular weight is 619 g/mol. The maximum absolute atomic E-state index is 12.6. The SMILES string of the molecule is CC1(C)O[C@@H]2O[C@@H](C(O)C(Sc3ccccc3)(Sc3ccccc3)Sc3ccccc3)C(OCc3ccccc3)[C@@H]2O1. The summed E-state index contributed by atoms with van der Waals surface area (Å²) in [5, 5.41) is 12.6. The number of benzene rings is 4. The number of rotatable bonds is 11. The van der Waals surface area contributed by atoms with Gasteiger partial charge in [0, 0.05) is 14.7 Å². The van der Waals surface area contributed by atoms with Gasteiger partial charge >= 0.3 is 0 Å². The number of fused-ring (bicyclic) bond motifs is 1. The zero-order chi connectivity index (χ0) is 29.0. The molecule has 5 atom stereocenters. The van der Waals surface area contributed by atoms with Gasteiger partial charge in [-0.1, -0.05) is 120 Å². The molecule has 6 rings (SSSR count). The Balaban J connectivity index is 1.39. The maximum atomic E-state index is 12.6. The van der Waals surface area contributed by atoms with E-state index in [0.717, 1.165) is 20.2 Å². The van der Waals surface area contributed by atoms with Gasteiger partial charge < -0.3 is 24.1 Å². The highest BCUT2D eigenvalue weighted by molar-refractivity contribution is 8.33. The van der Waals surface area contributed by atoms with Crippen molar-refractivity contribution < 1.29 is 24.1 Å². The molecule has 42 heavy (non-hydrogen) atoms. The summed E-state index contributed by atoms with van der Waals surface area (Å²) in [6, 6.07) is 40.6. The molecule has 2 heterocycles.